The Labute approximate surface area is 115 Å². The van der Waals surface area contributed by atoms with Gasteiger partial charge in [-0.15, -0.1) is 0 Å². The van der Waals surface area contributed by atoms with Crippen LogP contribution in [0.5, 0.6) is 0 Å². The van der Waals surface area contributed by atoms with Gasteiger partial charge < -0.3 is 9.80 Å². The van der Waals surface area contributed by atoms with Crippen molar-refractivity contribution in [2.75, 3.05) is 31.1 Å². The summed E-state index contributed by atoms with van der Waals surface area (Å²) in [5.41, 5.74) is 1.60. The molecule has 1 aromatic carbocycles. The zero-order valence-electron chi connectivity index (χ0n) is 10.2. The van der Waals surface area contributed by atoms with Gasteiger partial charge in [0.25, 0.3) is 0 Å². The number of nitrogens with zero attached hydrogens (tertiary/aromatic N) is 3. The lowest BCUT2D eigenvalue weighted by Gasteiger charge is -2.36. The van der Waals surface area contributed by atoms with Crippen molar-refractivity contribution in [3.05, 3.63) is 28.2 Å². The minimum absolute atomic E-state index is 0.115. The van der Waals surface area contributed by atoms with Crippen LogP contribution in [0.15, 0.2) is 22.7 Å². The van der Waals surface area contributed by atoms with E-state index in [1.54, 1.807) is 6.92 Å². The first kappa shape index (κ1) is 12.9. The number of hydrogen-bond donors (Lipinski definition) is 0. The summed E-state index contributed by atoms with van der Waals surface area (Å²) in [6, 6.07) is 7.97. The van der Waals surface area contributed by atoms with Crippen molar-refractivity contribution in [2.24, 2.45) is 0 Å². The van der Waals surface area contributed by atoms with E-state index in [1.807, 2.05) is 23.1 Å². The van der Waals surface area contributed by atoms with Crippen LogP contribution in [0.4, 0.5) is 5.69 Å². The molecule has 1 aliphatic rings. The highest BCUT2D eigenvalue weighted by molar-refractivity contribution is 9.10. The molecule has 5 heteroatoms. The third-order valence-electron chi connectivity index (χ3n) is 3.17. The van der Waals surface area contributed by atoms with Crippen LogP contribution in [0, 0.1) is 11.3 Å². The molecule has 0 aromatic heterocycles. The SMILES string of the molecule is CC(=O)N1CCN(c2cccc(Br)c2C#N)CC1. The van der Waals surface area contributed by atoms with Gasteiger partial charge in [0.15, 0.2) is 0 Å². The van der Waals surface area contributed by atoms with Gasteiger partial charge in [-0.05, 0) is 28.1 Å². The van der Waals surface area contributed by atoms with Gasteiger partial charge in [0.05, 0.1) is 11.3 Å². The van der Waals surface area contributed by atoms with Gasteiger partial charge in [-0.2, -0.15) is 5.26 Å². The Morgan fingerprint density at radius 1 is 1.33 bits per heavy atom. The summed E-state index contributed by atoms with van der Waals surface area (Å²) in [4.78, 5) is 15.3. The standard InChI is InChI=1S/C13H14BrN3O/c1-10(18)16-5-7-17(8-6-16)13-4-2-3-12(14)11(13)9-15/h2-4H,5-8H2,1H3. The Morgan fingerprint density at radius 3 is 2.56 bits per heavy atom. The summed E-state index contributed by atoms with van der Waals surface area (Å²) in [5.74, 6) is 0.115. The number of benzene rings is 1. The number of rotatable bonds is 1. The van der Waals surface area contributed by atoms with E-state index in [0.717, 1.165) is 23.2 Å². The number of piperazine rings is 1. The molecule has 0 unspecified atom stereocenters. The second-order valence-electron chi connectivity index (χ2n) is 4.24. The van der Waals surface area contributed by atoms with Crippen LogP contribution < -0.4 is 4.90 Å². The molecule has 1 fully saturated rings. The molecule has 1 amide bonds. The Morgan fingerprint density at radius 2 is 2.00 bits per heavy atom. The molecule has 0 bridgehead atoms. The van der Waals surface area contributed by atoms with Gasteiger partial charge in [0.1, 0.15) is 6.07 Å². The average molecular weight is 308 g/mol. The van der Waals surface area contributed by atoms with E-state index in [0.29, 0.717) is 18.7 Å². The van der Waals surface area contributed by atoms with Crippen molar-refractivity contribution in [3.63, 3.8) is 0 Å². The molecule has 1 aromatic rings. The molecule has 4 nitrogen and oxygen atoms in total. The second-order valence-corrected chi connectivity index (χ2v) is 5.09. The lowest BCUT2D eigenvalue weighted by Crippen LogP contribution is -2.48. The number of nitriles is 1. The summed E-state index contributed by atoms with van der Waals surface area (Å²) < 4.78 is 0.816. The van der Waals surface area contributed by atoms with E-state index in [2.05, 4.69) is 26.9 Å². The topological polar surface area (TPSA) is 47.3 Å². The molecular formula is C13H14BrN3O. The fraction of sp³-hybridized carbons (Fsp3) is 0.385. The zero-order chi connectivity index (χ0) is 13.1. The van der Waals surface area contributed by atoms with Gasteiger partial charge in [-0.3, -0.25) is 4.79 Å². The fourth-order valence-corrected chi connectivity index (χ4v) is 2.59. The molecular weight excluding hydrogens is 294 g/mol. The fourth-order valence-electron chi connectivity index (χ4n) is 2.15. The van der Waals surface area contributed by atoms with Gasteiger partial charge in [-0.1, -0.05) is 6.07 Å². The van der Waals surface area contributed by atoms with Crippen LogP contribution in [0.3, 0.4) is 0 Å². The summed E-state index contributed by atoms with van der Waals surface area (Å²) >= 11 is 3.40. The molecule has 1 heterocycles. The van der Waals surface area contributed by atoms with Gasteiger partial charge in [0, 0.05) is 37.6 Å². The predicted octanol–water partition coefficient (Wildman–Crippen LogP) is 1.99. The normalized spacial score (nSPS) is 15.4. The van der Waals surface area contributed by atoms with Crippen molar-refractivity contribution < 1.29 is 4.79 Å². The van der Waals surface area contributed by atoms with Crippen LogP contribution in [0.2, 0.25) is 0 Å². The maximum atomic E-state index is 11.3. The average Bonchev–Trinajstić information content (AvgIpc) is 2.38. The number of hydrogen-bond acceptors (Lipinski definition) is 3. The number of carbonyl (C=O) groups is 1. The van der Waals surface area contributed by atoms with E-state index >= 15 is 0 Å². The first-order valence-corrected chi connectivity index (χ1v) is 6.62. The van der Waals surface area contributed by atoms with Gasteiger partial charge >= 0.3 is 0 Å². The second kappa shape index (κ2) is 5.40. The number of carbonyl (C=O) groups excluding carboxylic acids is 1. The molecule has 0 aliphatic carbocycles. The van der Waals surface area contributed by atoms with E-state index in [9.17, 15) is 10.1 Å². The van der Waals surface area contributed by atoms with E-state index < -0.39 is 0 Å². The summed E-state index contributed by atoms with van der Waals surface area (Å²) in [5, 5.41) is 9.20. The number of halogens is 1. The highest BCUT2D eigenvalue weighted by atomic mass is 79.9. The molecule has 2 rings (SSSR count). The Balaban J connectivity index is 2.18. The monoisotopic (exact) mass is 307 g/mol. The van der Waals surface area contributed by atoms with Crippen molar-refractivity contribution in [2.45, 2.75) is 6.92 Å². The minimum Gasteiger partial charge on any atom is -0.367 e. The maximum Gasteiger partial charge on any atom is 0.219 e. The van der Waals surface area contributed by atoms with Crippen molar-refractivity contribution in [1.29, 1.82) is 5.26 Å². The molecule has 0 atom stereocenters. The summed E-state index contributed by atoms with van der Waals surface area (Å²) in [6.45, 7) is 4.56. The molecule has 94 valence electrons. The molecule has 1 aliphatic heterocycles. The lowest BCUT2D eigenvalue weighted by atomic mass is 10.1. The van der Waals surface area contributed by atoms with Crippen LogP contribution in [0.1, 0.15) is 12.5 Å². The van der Waals surface area contributed by atoms with Crippen molar-refractivity contribution >= 4 is 27.5 Å². The predicted molar refractivity (Wildman–Crippen MR) is 73.3 cm³/mol. The number of anilines is 1. The number of amides is 1. The smallest absolute Gasteiger partial charge is 0.219 e. The first-order chi connectivity index (χ1) is 8.63. The van der Waals surface area contributed by atoms with E-state index in [1.165, 1.54) is 0 Å². The van der Waals surface area contributed by atoms with E-state index in [-0.39, 0.29) is 5.91 Å². The summed E-state index contributed by atoms with van der Waals surface area (Å²) in [7, 11) is 0. The largest absolute Gasteiger partial charge is 0.367 e. The van der Waals surface area contributed by atoms with Gasteiger partial charge in [-0.25, -0.2) is 0 Å². The molecule has 0 spiro atoms. The van der Waals surface area contributed by atoms with Crippen LogP contribution >= 0.6 is 15.9 Å². The molecule has 18 heavy (non-hydrogen) atoms. The quantitative estimate of drug-likeness (QED) is 0.797. The third kappa shape index (κ3) is 2.49. The molecule has 1 saturated heterocycles. The molecule has 0 N–H and O–H groups in total. The van der Waals surface area contributed by atoms with Gasteiger partial charge in [0.2, 0.25) is 5.91 Å². The van der Waals surface area contributed by atoms with Crippen LogP contribution in [0.25, 0.3) is 0 Å². The minimum atomic E-state index is 0.115. The highest BCUT2D eigenvalue weighted by Gasteiger charge is 2.21. The third-order valence-corrected chi connectivity index (χ3v) is 3.83. The summed E-state index contributed by atoms with van der Waals surface area (Å²) in [6.07, 6.45) is 0. The first-order valence-electron chi connectivity index (χ1n) is 5.82. The highest BCUT2D eigenvalue weighted by Crippen LogP contribution is 2.27. The van der Waals surface area contributed by atoms with Crippen molar-refractivity contribution in [1.82, 2.24) is 4.90 Å². The van der Waals surface area contributed by atoms with E-state index in [4.69, 9.17) is 0 Å². The lowest BCUT2D eigenvalue weighted by molar-refractivity contribution is -0.129. The molecule has 0 saturated carbocycles. The van der Waals surface area contributed by atoms with Crippen LogP contribution in [-0.2, 0) is 4.79 Å². The van der Waals surface area contributed by atoms with Crippen LogP contribution in [-0.4, -0.2) is 37.0 Å². The Kier molecular flexibility index (Phi) is 3.87. The zero-order valence-corrected chi connectivity index (χ0v) is 11.8. The Hall–Kier alpha value is -1.54. The molecule has 0 radical (unpaired) electrons. The maximum absolute atomic E-state index is 11.3. The van der Waals surface area contributed by atoms with Crippen molar-refractivity contribution in [3.8, 4) is 6.07 Å². The Bertz CT molecular complexity index is 501.